The molecule has 1 unspecified atom stereocenters. The number of imidazole rings is 1. The Kier molecular flexibility index (Phi) is 4.14. The molecule has 0 spiro atoms. The van der Waals surface area contributed by atoms with Gasteiger partial charge in [0.1, 0.15) is 21.7 Å². The lowest BCUT2D eigenvalue weighted by Crippen LogP contribution is -2.40. The Morgan fingerprint density at radius 3 is 2.76 bits per heavy atom. The highest BCUT2D eigenvalue weighted by atomic mass is 32.2. The fraction of sp³-hybridized carbons (Fsp3) is 0.500. The number of hydrogen-bond donors (Lipinski definition) is 1. The van der Waals surface area contributed by atoms with Crippen LogP contribution in [0.15, 0.2) is 29.9 Å². The standard InChI is InChI=1S/C14H19N3O2S2/c1-17-7-6-15-14(17)13(12-3-2-8-20-12)16-11-4-9-21(18,19)10-5-11/h2-3,6-8,11,13,16H,4-5,9-10H2,1H3. The summed E-state index contributed by atoms with van der Waals surface area (Å²) in [6.45, 7) is 0. The topological polar surface area (TPSA) is 64.0 Å². The van der Waals surface area contributed by atoms with Gasteiger partial charge >= 0.3 is 0 Å². The van der Waals surface area contributed by atoms with Crippen molar-refractivity contribution in [3.63, 3.8) is 0 Å². The lowest BCUT2D eigenvalue weighted by Gasteiger charge is -2.27. The molecule has 0 aromatic carbocycles. The van der Waals surface area contributed by atoms with Gasteiger partial charge < -0.3 is 9.88 Å². The van der Waals surface area contributed by atoms with E-state index >= 15 is 0 Å². The molecular formula is C14H19N3O2S2. The maximum atomic E-state index is 11.6. The molecule has 0 saturated carbocycles. The first-order valence-electron chi connectivity index (χ1n) is 7.02. The fourth-order valence-electron chi connectivity index (χ4n) is 2.69. The van der Waals surface area contributed by atoms with Crippen molar-refractivity contribution in [1.82, 2.24) is 14.9 Å². The third kappa shape index (κ3) is 3.36. The molecule has 2 aromatic rings. The molecule has 1 aliphatic heterocycles. The third-order valence-electron chi connectivity index (χ3n) is 3.90. The largest absolute Gasteiger partial charge is 0.336 e. The van der Waals surface area contributed by atoms with Gasteiger partial charge in [0.05, 0.1) is 11.5 Å². The van der Waals surface area contributed by atoms with Crippen LogP contribution in [0.5, 0.6) is 0 Å². The molecule has 3 rings (SSSR count). The molecule has 21 heavy (non-hydrogen) atoms. The van der Waals surface area contributed by atoms with Gasteiger partial charge in [-0.25, -0.2) is 13.4 Å². The van der Waals surface area contributed by atoms with Crippen LogP contribution in [0.4, 0.5) is 0 Å². The SMILES string of the molecule is Cn1ccnc1C(NC1CCS(=O)(=O)CC1)c1cccs1. The molecule has 0 aliphatic carbocycles. The summed E-state index contributed by atoms with van der Waals surface area (Å²) >= 11 is 1.69. The van der Waals surface area contributed by atoms with E-state index in [-0.39, 0.29) is 23.6 Å². The van der Waals surface area contributed by atoms with Crippen LogP contribution in [-0.4, -0.2) is 35.5 Å². The highest BCUT2D eigenvalue weighted by molar-refractivity contribution is 7.91. The van der Waals surface area contributed by atoms with Crippen molar-refractivity contribution in [1.29, 1.82) is 0 Å². The van der Waals surface area contributed by atoms with E-state index in [2.05, 4.69) is 21.7 Å². The van der Waals surface area contributed by atoms with Crippen LogP contribution >= 0.6 is 11.3 Å². The van der Waals surface area contributed by atoms with Crippen LogP contribution in [0, 0.1) is 0 Å². The minimum Gasteiger partial charge on any atom is -0.336 e. The molecule has 1 aliphatic rings. The summed E-state index contributed by atoms with van der Waals surface area (Å²) in [6, 6.07) is 4.37. The molecule has 3 heterocycles. The molecule has 0 amide bonds. The van der Waals surface area contributed by atoms with Gasteiger partial charge in [0.25, 0.3) is 0 Å². The maximum absolute atomic E-state index is 11.6. The van der Waals surface area contributed by atoms with Gasteiger partial charge in [0.15, 0.2) is 0 Å². The Bertz CT molecular complexity index is 678. The first-order chi connectivity index (χ1) is 10.1. The quantitative estimate of drug-likeness (QED) is 0.930. The van der Waals surface area contributed by atoms with Crippen LogP contribution in [0.25, 0.3) is 0 Å². The first kappa shape index (κ1) is 14.7. The van der Waals surface area contributed by atoms with Gasteiger partial charge in [0, 0.05) is 30.4 Å². The number of sulfone groups is 1. The Morgan fingerprint density at radius 2 is 2.19 bits per heavy atom. The normalized spacial score (nSPS) is 20.4. The second-order valence-electron chi connectivity index (χ2n) is 5.44. The second-order valence-corrected chi connectivity index (χ2v) is 8.72. The van der Waals surface area contributed by atoms with Crippen LogP contribution < -0.4 is 5.32 Å². The Hall–Kier alpha value is -1.18. The van der Waals surface area contributed by atoms with Crippen molar-refractivity contribution in [2.45, 2.75) is 24.9 Å². The summed E-state index contributed by atoms with van der Waals surface area (Å²) in [6.07, 6.45) is 5.08. The van der Waals surface area contributed by atoms with E-state index in [0.29, 0.717) is 12.8 Å². The van der Waals surface area contributed by atoms with Crippen molar-refractivity contribution < 1.29 is 8.42 Å². The van der Waals surface area contributed by atoms with Gasteiger partial charge in [0.2, 0.25) is 0 Å². The molecule has 1 saturated heterocycles. The van der Waals surface area contributed by atoms with E-state index in [0.717, 1.165) is 5.82 Å². The van der Waals surface area contributed by atoms with Gasteiger partial charge in [-0.15, -0.1) is 11.3 Å². The molecule has 0 bridgehead atoms. The highest BCUT2D eigenvalue weighted by Crippen LogP contribution is 2.27. The second kappa shape index (κ2) is 5.90. The zero-order valence-corrected chi connectivity index (χ0v) is 13.5. The third-order valence-corrected chi connectivity index (χ3v) is 6.55. The summed E-state index contributed by atoms with van der Waals surface area (Å²) in [7, 11) is -0.843. The molecule has 1 fully saturated rings. The van der Waals surface area contributed by atoms with E-state index in [9.17, 15) is 8.42 Å². The van der Waals surface area contributed by atoms with Gasteiger partial charge in [-0.1, -0.05) is 6.07 Å². The number of nitrogens with one attached hydrogen (secondary N) is 1. The monoisotopic (exact) mass is 325 g/mol. The predicted octanol–water partition coefficient (Wildman–Crippen LogP) is 1.74. The number of nitrogens with zero attached hydrogens (tertiary/aromatic N) is 2. The molecule has 5 nitrogen and oxygen atoms in total. The molecule has 7 heteroatoms. The van der Waals surface area contributed by atoms with E-state index in [1.165, 1.54) is 4.88 Å². The summed E-state index contributed by atoms with van der Waals surface area (Å²) in [5.74, 6) is 1.52. The molecule has 0 radical (unpaired) electrons. The Balaban J connectivity index is 1.80. The van der Waals surface area contributed by atoms with Gasteiger partial charge in [-0.05, 0) is 24.3 Å². The molecule has 1 atom stereocenters. The van der Waals surface area contributed by atoms with Crippen molar-refractivity contribution in [3.8, 4) is 0 Å². The molecular weight excluding hydrogens is 306 g/mol. The molecule has 2 aromatic heterocycles. The zero-order chi connectivity index (χ0) is 14.9. The smallest absolute Gasteiger partial charge is 0.150 e. The van der Waals surface area contributed by atoms with E-state index in [1.807, 2.05) is 23.9 Å². The molecule has 114 valence electrons. The average Bonchev–Trinajstić information content (AvgIpc) is 3.09. The minimum atomic E-state index is -2.83. The molecule has 1 N–H and O–H groups in total. The van der Waals surface area contributed by atoms with Crippen molar-refractivity contribution >= 4 is 21.2 Å². The van der Waals surface area contributed by atoms with E-state index < -0.39 is 9.84 Å². The Labute approximate surface area is 128 Å². The van der Waals surface area contributed by atoms with Crippen LogP contribution in [-0.2, 0) is 16.9 Å². The summed E-state index contributed by atoms with van der Waals surface area (Å²) < 4.78 is 25.1. The van der Waals surface area contributed by atoms with E-state index in [4.69, 9.17) is 0 Å². The van der Waals surface area contributed by atoms with Crippen molar-refractivity contribution in [2.75, 3.05) is 11.5 Å². The number of rotatable bonds is 4. The van der Waals surface area contributed by atoms with Crippen LogP contribution in [0.2, 0.25) is 0 Å². The van der Waals surface area contributed by atoms with Crippen LogP contribution in [0.1, 0.15) is 29.6 Å². The lowest BCUT2D eigenvalue weighted by molar-refractivity contribution is 0.422. The predicted molar refractivity (Wildman–Crippen MR) is 84.2 cm³/mol. The van der Waals surface area contributed by atoms with E-state index in [1.54, 1.807) is 17.5 Å². The first-order valence-corrected chi connectivity index (χ1v) is 9.72. The van der Waals surface area contributed by atoms with Crippen molar-refractivity contribution in [3.05, 3.63) is 40.6 Å². The maximum Gasteiger partial charge on any atom is 0.150 e. The fourth-order valence-corrected chi connectivity index (χ4v) is 4.96. The summed E-state index contributed by atoms with van der Waals surface area (Å²) in [5, 5.41) is 5.66. The number of aryl methyl sites for hydroxylation is 1. The summed E-state index contributed by atoms with van der Waals surface area (Å²) in [4.78, 5) is 5.66. The van der Waals surface area contributed by atoms with Gasteiger partial charge in [-0.3, -0.25) is 0 Å². The summed E-state index contributed by atoms with van der Waals surface area (Å²) in [5.41, 5.74) is 0. The zero-order valence-electron chi connectivity index (χ0n) is 11.9. The highest BCUT2D eigenvalue weighted by Gasteiger charge is 2.28. The number of thiophene rings is 1. The Morgan fingerprint density at radius 1 is 1.43 bits per heavy atom. The van der Waals surface area contributed by atoms with Crippen LogP contribution in [0.3, 0.4) is 0 Å². The number of hydrogen-bond acceptors (Lipinski definition) is 5. The lowest BCUT2D eigenvalue weighted by atomic mass is 10.1. The van der Waals surface area contributed by atoms with Crippen molar-refractivity contribution in [2.24, 2.45) is 7.05 Å². The minimum absolute atomic E-state index is 0.0239. The number of aromatic nitrogens is 2. The average molecular weight is 325 g/mol. The van der Waals surface area contributed by atoms with Gasteiger partial charge in [-0.2, -0.15) is 0 Å².